The van der Waals surface area contributed by atoms with E-state index in [2.05, 4.69) is 15.9 Å². The Hall–Kier alpha value is -1.23. The summed E-state index contributed by atoms with van der Waals surface area (Å²) in [6.45, 7) is 1.65. The first kappa shape index (κ1) is 16.1. The zero-order valence-corrected chi connectivity index (χ0v) is 13.9. The normalized spacial score (nSPS) is 10.4. The summed E-state index contributed by atoms with van der Waals surface area (Å²) >= 11 is 9.44. The molecule has 0 saturated heterocycles. The lowest BCUT2D eigenvalue weighted by Crippen LogP contribution is -2.05. The summed E-state index contributed by atoms with van der Waals surface area (Å²) in [5.41, 5.74) is 6.65. The van der Waals surface area contributed by atoms with Gasteiger partial charge in [-0.1, -0.05) is 39.7 Å². The smallest absolute Gasteiger partial charge is 0.139 e. The van der Waals surface area contributed by atoms with Crippen LogP contribution in [-0.4, -0.2) is 13.2 Å². The molecule has 0 aliphatic rings. The van der Waals surface area contributed by atoms with Gasteiger partial charge in [0.05, 0.1) is 18.2 Å². The summed E-state index contributed by atoms with van der Waals surface area (Å²) in [7, 11) is 0. The van der Waals surface area contributed by atoms with Crippen molar-refractivity contribution in [3.8, 4) is 11.5 Å². The van der Waals surface area contributed by atoms with Gasteiger partial charge in [0.1, 0.15) is 11.5 Å². The highest BCUT2D eigenvalue weighted by Gasteiger charge is 2.02. The van der Waals surface area contributed by atoms with Crippen LogP contribution >= 0.6 is 27.5 Å². The largest absolute Gasteiger partial charge is 0.493 e. The molecule has 2 aromatic carbocycles. The van der Waals surface area contributed by atoms with Crippen molar-refractivity contribution in [3.05, 3.63) is 57.5 Å². The van der Waals surface area contributed by atoms with E-state index in [4.69, 9.17) is 26.8 Å². The van der Waals surface area contributed by atoms with Crippen LogP contribution in [0.15, 0.2) is 46.9 Å². The van der Waals surface area contributed by atoms with Gasteiger partial charge in [-0.25, -0.2) is 0 Å². The van der Waals surface area contributed by atoms with Crippen LogP contribution in [0.25, 0.3) is 0 Å². The van der Waals surface area contributed by atoms with E-state index in [1.54, 1.807) is 6.07 Å². The molecule has 3 nitrogen and oxygen atoms in total. The molecule has 0 heterocycles. The summed E-state index contributed by atoms with van der Waals surface area (Å²) in [5.74, 6) is 1.51. The SMILES string of the molecule is NCc1cccc(OCCCOc2cc(Br)ccc2Cl)c1. The second-order valence-corrected chi connectivity index (χ2v) is 5.80. The van der Waals surface area contributed by atoms with Crippen LogP contribution in [0.5, 0.6) is 11.5 Å². The maximum Gasteiger partial charge on any atom is 0.139 e. The van der Waals surface area contributed by atoms with Gasteiger partial charge in [-0.3, -0.25) is 0 Å². The van der Waals surface area contributed by atoms with Crippen LogP contribution in [0.2, 0.25) is 5.02 Å². The number of ether oxygens (including phenoxy) is 2. The molecule has 0 amide bonds. The maximum absolute atomic E-state index is 6.05. The lowest BCUT2D eigenvalue weighted by atomic mass is 10.2. The summed E-state index contributed by atoms with van der Waals surface area (Å²) < 4.78 is 12.2. The molecule has 0 bridgehead atoms. The van der Waals surface area contributed by atoms with Gasteiger partial charge in [0.2, 0.25) is 0 Å². The van der Waals surface area contributed by atoms with Crippen LogP contribution in [0, 0.1) is 0 Å². The van der Waals surface area contributed by atoms with E-state index in [0.717, 1.165) is 22.2 Å². The molecule has 0 unspecified atom stereocenters. The average Bonchev–Trinajstić information content (AvgIpc) is 2.50. The molecule has 2 aromatic rings. The van der Waals surface area contributed by atoms with E-state index in [9.17, 15) is 0 Å². The molecular formula is C16H17BrClNO2. The third kappa shape index (κ3) is 5.23. The van der Waals surface area contributed by atoms with Crippen molar-refractivity contribution in [1.29, 1.82) is 0 Å². The van der Waals surface area contributed by atoms with E-state index in [-0.39, 0.29) is 0 Å². The number of halogens is 2. The average molecular weight is 371 g/mol. The minimum absolute atomic E-state index is 0.516. The number of nitrogens with two attached hydrogens (primary N) is 1. The zero-order valence-electron chi connectivity index (χ0n) is 11.5. The van der Waals surface area contributed by atoms with Gasteiger partial charge < -0.3 is 15.2 Å². The van der Waals surface area contributed by atoms with E-state index in [0.29, 0.717) is 30.5 Å². The second-order valence-electron chi connectivity index (χ2n) is 4.48. The second kappa shape index (κ2) is 8.27. The van der Waals surface area contributed by atoms with Crippen LogP contribution in [0.1, 0.15) is 12.0 Å². The lowest BCUT2D eigenvalue weighted by Gasteiger charge is -2.10. The topological polar surface area (TPSA) is 44.5 Å². The van der Waals surface area contributed by atoms with Crippen molar-refractivity contribution in [2.45, 2.75) is 13.0 Å². The molecule has 0 aromatic heterocycles. The molecule has 0 spiro atoms. The molecule has 0 fully saturated rings. The zero-order chi connectivity index (χ0) is 15.1. The highest BCUT2D eigenvalue weighted by molar-refractivity contribution is 9.10. The molecule has 5 heteroatoms. The van der Waals surface area contributed by atoms with Crippen LogP contribution in [-0.2, 0) is 6.54 Å². The first-order valence-corrected chi connectivity index (χ1v) is 7.86. The highest BCUT2D eigenvalue weighted by atomic mass is 79.9. The lowest BCUT2D eigenvalue weighted by molar-refractivity contribution is 0.247. The fraction of sp³-hybridized carbons (Fsp3) is 0.250. The number of hydrogen-bond acceptors (Lipinski definition) is 3. The van der Waals surface area contributed by atoms with Crippen molar-refractivity contribution in [3.63, 3.8) is 0 Å². The number of rotatable bonds is 7. The molecular weight excluding hydrogens is 354 g/mol. The molecule has 2 N–H and O–H groups in total. The Bertz CT molecular complexity index is 592. The minimum atomic E-state index is 0.516. The predicted molar refractivity (Wildman–Crippen MR) is 89.1 cm³/mol. The first-order chi connectivity index (χ1) is 10.2. The van der Waals surface area contributed by atoms with E-state index >= 15 is 0 Å². The first-order valence-electron chi connectivity index (χ1n) is 6.68. The highest BCUT2D eigenvalue weighted by Crippen LogP contribution is 2.27. The Kier molecular flexibility index (Phi) is 6.36. The molecule has 112 valence electrons. The van der Waals surface area contributed by atoms with E-state index in [1.165, 1.54) is 0 Å². The third-order valence-electron chi connectivity index (χ3n) is 2.84. The van der Waals surface area contributed by atoms with E-state index < -0.39 is 0 Å². The molecule has 21 heavy (non-hydrogen) atoms. The predicted octanol–water partition coefficient (Wildman–Crippen LogP) is 4.41. The quantitative estimate of drug-likeness (QED) is 0.734. The Balaban J connectivity index is 1.73. The van der Waals surface area contributed by atoms with E-state index in [1.807, 2.05) is 36.4 Å². The van der Waals surface area contributed by atoms with Gasteiger partial charge in [-0.15, -0.1) is 0 Å². The van der Waals surface area contributed by atoms with Gasteiger partial charge in [0.15, 0.2) is 0 Å². The third-order valence-corrected chi connectivity index (χ3v) is 3.65. The van der Waals surface area contributed by atoms with Gasteiger partial charge in [-0.05, 0) is 35.9 Å². The summed E-state index contributed by atoms with van der Waals surface area (Å²) in [4.78, 5) is 0. The van der Waals surface area contributed by atoms with Crippen LogP contribution < -0.4 is 15.2 Å². The Morgan fingerprint density at radius 1 is 1.05 bits per heavy atom. The van der Waals surface area contributed by atoms with Crippen LogP contribution in [0.3, 0.4) is 0 Å². The standard InChI is InChI=1S/C16H17BrClNO2/c17-13-5-6-15(18)16(10-13)21-8-2-7-20-14-4-1-3-12(9-14)11-19/h1,3-6,9-10H,2,7-8,11,19H2. The van der Waals surface area contributed by atoms with Gasteiger partial charge in [-0.2, -0.15) is 0 Å². The maximum atomic E-state index is 6.05. The fourth-order valence-corrected chi connectivity index (χ4v) is 2.29. The Labute approximate surface area is 138 Å². The molecule has 0 saturated carbocycles. The molecule has 0 aliphatic heterocycles. The fourth-order valence-electron chi connectivity index (χ4n) is 1.78. The van der Waals surface area contributed by atoms with Crippen LogP contribution in [0.4, 0.5) is 0 Å². The molecule has 2 rings (SSSR count). The molecule has 0 aliphatic carbocycles. The van der Waals surface area contributed by atoms with Gasteiger partial charge >= 0.3 is 0 Å². The van der Waals surface area contributed by atoms with Gasteiger partial charge in [0.25, 0.3) is 0 Å². The van der Waals surface area contributed by atoms with Crippen molar-refractivity contribution in [1.82, 2.24) is 0 Å². The summed E-state index contributed by atoms with van der Waals surface area (Å²) in [5, 5.41) is 0.606. The van der Waals surface area contributed by atoms with Gasteiger partial charge in [0, 0.05) is 17.4 Å². The van der Waals surface area contributed by atoms with Crippen molar-refractivity contribution in [2.75, 3.05) is 13.2 Å². The van der Waals surface area contributed by atoms with Crippen molar-refractivity contribution < 1.29 is 9.47 Å². The monoisotopic (exact) mass is 369 g/mol. The minimum Gasteiger partial charge on any atom is -0.493 e. The number of hydrogen-bond donors (Lipinski definition) is 1. The Morgan fingerprint density at radius 2 is 1.86 bits per heavy atom. The molecule has 0 radical (unpaired) electrons. The summed E-state index contributed by atoms with van der Waals surface area (Å²) in [6.07, 6.45) is 0.774. The van der Waals surface area contributed by atoms with Crippen molar-refractivity contribution >= 4 is 27.5 Å². The summed E-state index contributed by atoms with van der Waals surface area (Å²) in [6, 6.07) is 13.3. The molecule has 0 atom stereocenters. The Morgan fingerprint density at radius 3 is 2.67 bits per heavy atom. The van der Waals surface area contributed by atoms with Crippen molar-refractivity contribution in [2.24, 2.45) is 5.73 Å². The number of benzene rings is 2.